The van der Waals surface area contributed by atoms with E-state index in [9.17, 15) is 4.79 Å². The maximum absolute atomic E-state index is 11.5. The summed E-state index contributed by atoms with van der Waals surface area (Å²) in [6.07, 6.45) is 3.28. The average Bonchev–Trinajstić information content (AvgIpc) is 2.37. The van der Waals surface area contributed by atoms with Crippen molar-refractivity contribution >= 4 is 27.9 Å². The van der Waals surface area contributed by atoms with Gasteiger partial charge in [-0.15, -0.1) is 0 Å². The van der Waals surface area contributed by atoms with Crippen LogP contribution in [0.4, 0.5) is 0 Å². The van der Waals surface area contributed by atoms with Crippen LogP contribution in [-0.2, 0) is 9.53 Å². The molecule has 4 heteroatoms. The standard InChI is InChI=1S/C15H18BrNO2/c1-12(2)11-19-10-9-17-15(18)8-7-13-5-3-4-6-14(13)16/h3-8H,1,9-11H2,2H3,(H,17,18)/b8-7+. The zero-order valence-electron chi connectivity index (χ0n) is 11.0. The summed E-state index contributed by atoms with van der Waals surface area (Å²) >= 11 is 3.42. The van der Waals surface area contributed by atoms with Crippen LogP contribution in [-0.4, -0.2) is 25.7 Å². The number of halogens is 1. The molecule has 0 unspecified atom stereocenters. The molecule has 1 N–H and O–H groups in total. The second-order valence-electron chi connectivity index (χ2n) is 4.16. The van der Waals surface area contributed by atoms with E-state index in [0.717, 1.165) is 15.6 Å². The maximum Gasteiger partial charge on any atom is 0.244 e. The minimum atomic E-state index is -0.130. The highest BCUT2D eigenvalue weighted by Gasteiger charge is 1.97. The van der Waals surface area contributed by atoms with Crippen molar-refractivity contribution in [3.63, 3.8) is 0 Å². The van der Waals surface area contributed by atoms with Crippen molar-refractivity contribution in [1.29, 1.82) is 0 Å². The van der Waals surface area contributed by atoms with E-state index in [0.29, 0.717) is 19.8 Å². The fraction of sp³-hybridized carbons (Fsp3) is 0.267. The number of benzene rings is 1. The number of carbonyl (C=O) groups is 1. The first kappa shape index (κ1) is 15.7. The number of rotatable bonds is 7. The molecule has 0 fully saturated rings. The van der Waals surface area contributed by atoms with Crippen molar-refractivity contribution in [1.82, 2.24) is 5.32 Å². The van der Waals surface area contributed by atoms with Gasteiger partial charge in [0.2, 0.25) is 5.91 Å². The van der Waals surface area contributed by atoms with E-state index in [-0.39, 0.29) is 5.91 Å². The third kappa shape index (κ3) is 6.94. The van der Waals surface area contributed by atoms with Crippen molar-refractivity contribution in [3.8, 4) is 0 Å². The molecule has 19 heavy (non-hydrogen) atoms. The molecule has 3 nitrogen and oxygen atoms in total. The van der Waals surface area contributed by atoms with Crippen molar-refractivity contribution in [2.45, 2.75) is 6.92 Å². The van der Waals surface area contributed by atoms with Crippen LogP contribution >= 0.6 is 15.9 Å². The van der Waals surface area contributed by atoms with Gasteiger partial charge >= 0.3 is 0 Å². The normalized spacial score (nSPS) is 10.6. The monoisotopic (exact) mass is 323 g/mol. The van der Waals surface area contributed by atoms with Crippen LogP contribution in [0.25, 0.3) is 6.08 Å². The van der Waals surface area contributed by atoms with E-state index in [1.54, 1.807) is 6.08 Å². The molecular formula is C15H18BrNO2. The van der Waals surface area contributed by atoms with Gasteiger partial charge < -0.3 is 10.1 Å². The number of nitrogens with one attached hydrogen (secondary N) is 1. The smallest absolute Gasteiger partial charge is 0.244 e. The summed E-state index contributed by atoms with van der Waals surface area (Å²) in [7, 11) is 0. The van der Waals surface area contributed by atoms with Gasteiger partial charge in [-0.2, -0.15) is 0 Å². The predicted octanol–water partition coefficient (Wildman–Crippen LogP) is 3.17. The van der Waals surface area contributed by atoms with Gasteiger partial charge in [0.15, 0.2) is 0 Å². The Balaban J connectivity index is 2.28. The summed E-state index contributed by atoms with van der Waals surface area (Å²) in [5, 5.41) is 2.75. The van der Waals surface area contributed by atoms with Crippen LogP contribution in [0.1, 0.15) is 12.5 Å². The van der Waals surface area contributed by atoms with Gasteiger partial charge in [0.25, 0.3) is 0 Å². The lowest BCUT2D eigenvalue weighted by Crippen LogP contribution is -2.25. The molecule has 0 aliphatic heterocycles. The van der Waals surface area contributed by atoms with E-state index in [1.807, 2.05) is 31.2 Å². The molecule has 1 rings (SSSR count). The summed E-state index contributed by atoms with van der Waals surface area (Å²) in [4.78, 5) is 11.5. The van der Waals surface area contributed by atoms with Crippen LogP contribution in [0.5, 0.6) is 0 Å². The molecule has 0 heterocycles. The van der Waals surface area contributed by atoms with Gasteiger partial charge in [-0.3, -0.25) is 4.79 Å². The third-order valence-electron chi connectivity index (χ3n) is 2.21. The molecule has 1 amide bonds. The second kappa shape index (κ2) is 8.67. The number of amides is 1. The van der Waals surface area contributed by atoms with E-state index in [1.165, 1.54) is 6.08 Å². The van der Waals surface area contributed by atoms with Gasteiger partial charge in [0.1, 0.15) is 0 Å². The minimum Gasteiger partial charge on any atom is -0.375 e. The highest BCUT2D eigenvalue weighted by Crippen LogP contribution is 2.16. The Kier molecular flexibility index (Phi) is 7.15. The van der Waals surface area contributed by atoms with Gasteiger partial charge in [-0.1, -0.05) is 46.3 Å². The molecular weight excluding hydrogens is 306 g/mol. The molecule has 0 atom stereocenters. The molecule has 1 aromatic rings. The topological polar surface area (TPSA) is 38.3 Å². The molecule has 102 valence electrons. The molecule has 0 bridgehead atoms. The largest absolute Gasteiger partial charge is 0.375 e. The van der Waals surface area contributed by atoms with Crippen molar-refractivity contribution in [3.05, 3.63) is 52.5 Å². The highest BCUT2D eigenvalue weighted by molar-refractivity contribution is 9.10. The SMILES string of the molecule is C=C(C)COCCNC(=O)/C=C/c1ccccc1Br. The lowest BCUT2D eigenvalue weighted by Gasteiger charge is -2.04. The summed E-state index contributed by atoms with van der Waals surface area (Å²) in [5.41, 5.74) is 1.94. The first-order valence-electron chi connectivity index (χ1n) is 6.02. The van der Waals surface area contributed by atoms with Gasteiger partial charge in [-0.25, -0.2) is 0 Å². The predicted molar refractivity (Wildman–Crippen MR) is 81.8 cm³/mol. The van der Waals surface area contributed by atoms with Crippen LogP contribution in [0.3, 0.4) is 0 Å². The highest BCUT2D eigenvalue weighted by atomic mass is 79.9. The summed E-state index contributed by atoms with van der Waals surface area (Å²) in [6, 6.07) is 7.72. The molecule has 0 aromatic heterocycles. The Morgan fingerprint density at radius 1 is 1.47 bits per heavy atom. The van der Waals surface area contributed by atoms with Crippen LogP contribution in [0, 0.1) is 0 Å². The van der Waals surface area contributed by atoms with E-state index < -0.39 is 0 Å². The van der Waals surface area contributed by atoms with Crippen LogP contribution in [0.2, 0.25) is 0 Å². The van der Waals surface area contributed by atoms with Crippen molar-refractivity contribution in [2.75, 3.05) is 19.8 Å². The Labute approximate surface area is 122 Å². The van der Waals surface area contributed by atoms with E-state index in [2.05, 4.69) is 27.8 Å². The van der Waals surface area contributed by atoms with Gasteiger partial charge in [-0.05, 0) is 24.6 Å². The number of carbonyl (C=O) groups excluding carboxylic acids is 1. The zero-order valence-corrected chi connectivity index (χ0v) is 12.6. The lowest BCUT2D eigenvalue weighted by atomic mass is 10.2. The quantitative estimate of drug-likeness (QED) is 0.475. The van der Waals surface area contributed by atoms with E-state index >= 15 is 0 Å². The van der Waals surface area contributed by atoms with E-state index in [4.69, 9.17) is 4.74 Å². The fourth-order valence-corrected chi connectivity index (χ4v) is 1.74. The van der Waals surface area contributed by atoms with Crippen LogP contribution < -0.4 is 5.32 Å². The Morgan fingerprint density at radius 3 is 2.89 bits per heavy atom. The van der Waals surface area contributed by atoms with Crippen molar-refractivity contribution in [2.24, 2.45) is 0 Å². The summed E-state index contributed by atoms with van der Waals surface area (Å²) < 4.78 is 6.24. The molecule has 0 saturated carbocycles. The zero-order chi connectivity index (χ0) is 14.1. The van der Waals surface area contributed by atoms with Gasteiger partial charge in [0.05, 0.1) is 13.2 Å². The Hall–Kier alpha value is -1.39. The van der Waals surface area contributed by atoms with Crippen molar-refractivity contribution < 1.29 is 9.53 Å². The van der Waals surface area contributed by atoms with Gasteiger partial charge in [0, 0.05) is 17.1 Å². The average molecular weight is 324 g/mol. The first-order valence-corrected chi connectivity index (χ1v) is 6.81. The third-order valence-corrected chi connectivity index (χ3v) is 2.94. The number of ether oxygens (including phenoxy) is 1. The summed E-state index contributed by atoms with van der Waals surface area (Å²) in [6.45, 7) is 7.14. The second-order valence-corrected chi connectivity index (χ2v) is 5.01. The summed E-state index contributed by atoms with van der Waals surface area (Å²) in [5.74, 6) is -0.130. The Morgan fingerprint density at radius 2 is 2.21 bits per heavy atom. The number of hydrogen-bond acceptors (Lipinski definition) is 2. The fourth-order valence-electron chi connectivity index (χ4n) is 1.33. The first-order chi connectivity index (χ1) is 9.09. The maximum atomic E-state index is 11.5. The molecule has 0 spiro atoms. The van der Waals surface area contributed by atoms with Crippen LogP contribution in [0.15, 0.2) is 47.0 Å². The number of hydrogen-bond donors (Lipinski definition) is 1. The lowest BCUT2D eigenvalue weighted by molar-refractivity contribution is -0.116. The molecule has 0 radical (unpaired) electrons. The molecule has 1 aromatic carbocycles. The minimum absolute atomic E-state index is 0.130. The Bertz CT molecular complexity index is 469. The molecule has 0 aliphatic rings. The molecule has 0 aliphatic carbocycles. The molecule has 0 saturated heterocycles.